The summed E-state index contributed by atoms with van der Waals surface area (Å²) in [5.74, 6) is 1.16. The highest BCUT2D eigenvalue weighted by Crippen LogP contribution is 2.49. The van der Waals surface area contributed by atoms with Gasteiger partial charge in [0.1, 0.15) is 11.4 Å². The lowest BCUT2D eigenvalue weighted by atomic mass is 9.88. The molecule has 7 nitrogen and oxygen atoms in total. The minimum absolute atomic E-state index is 0.00192. The molecular formula is C27H24Cl2F3N3O4S. The van der Waals surface area contributed by atoms with E-state index < -0.39 is 17.3 Å². The molecule has 1 unspecified atom stereocenters. The number of alkyl halides is 3. The number of nitrogens with zero attached hydrogens (tertiary/aromatic N) is 2. The molecule has 1 saturated heterocycles. The number of benzene rings is 3. The van der Waals surface area contributed by atoms with Crippen molar-refractivity contribution in [1.82, 2.24) is 5.32 Å². The number of thiocarbonyl (C=S) groups is 1. The molecule has 0 amide bonds. The zero-order valence-corrected chi connectivity index (χ0v) is 24.0. The Morgan fingerprint density at radius 1 is 0.975 bits per heavy atom. The molecule has 0 saturated carbocycles. The molecule has 13 heteroatoms. The third-order valence-corrected chi connectivity index (χ3v) is 7.39. The number of hydrogen-bond acceptors (Lipinski definition) is 6. The van der Waals surface area contributed by atoms with Gasteiger partial charge in [0.25, 0.3) is 0 Å². The van der Waals surface area contributed by atoms with Crippen molar-refractivity contribution < 1.29 is 32.5 Å². The van der Waals surface area contributed by atoms with Crippen molar-refractivity contribution in [3.8, 4) is 23.0 Å². The van der Waals surface area contributed by atoms with Gasteiger partial charge in [0.15, 0.2) is 22.4 Å². The summed E-state index contributed by atoms with van der Waals surface area (Å²) < 4.78 is 55.9. The van der Waals surface area contributed by atoms with Crippen LogP contribution in [-0.4, -0.2) is 37.4 Å². The monoisotopic (exact) mass is 613 g/mol. The zero-order valence-electron chi connectivity index (χ0n) is 21.7. The van der Waals surface area contributed by atoms with Crippen molar-refractivity contribution in [2.24, 2.45) is 4.99 Å². The fourth-order valence-corrected chi connectivity index (χ4v) is 5.40. The molecule has 4 rings (SSSR count). The first-order valence-electron chi connectivity index (χ1n) is 11.7. The molecule has 0 bridgehead atoms. The van der Waals surface area contributed by atoms with Gasteiger partial charge in [0.2, 0.25) is 5.75 Å². The van der Waals surface area contributed by atoms with Crippen molar-refractivity contribution >= 4 is 52.1 Å². The van der Waals surface area contributed by atoms with E-state index in [0.29, 0.717) is 39.9 Å². The summed E-state index contributed by atoms with van der Waals surface area (Å²) >= 11 is 18.2. The molecule has 1 atom stereocenters. The SMILES string of the molecule is COc1ccc(C2(C)C(=NCc3ccc(C(F)(F)F)cc3)NC(=S)N2c2cc(Cl)c(O)c(Cl)c2)c(OC)c1OC. The number of rotatable bonds is 7. The summed E-state index contributed by atoms with van der Waals surface area (Å²) in [5, 5.41) is 13.5. The van der Waals surface area contributed by atoms with Crippen molar-refractivity contribution in [3.63, 3.8) is 0 Å². The Morgan fingerprint density at radius 3 is 2.10 bits per heavy atom. The highest BCUT2D eigenvalue weighted by molar-refractivity contribution is 7.80. The lowest BCUT2D eigenvalue weighted by Gasteiger charge is -2.36. The molecule has 1 fully saturated rings. The number of anilines is 1. The summed E-state index contributed by atoms with van der Waals surface area (Å²) in [4.78, 5) is 6.43. The van der Waals surface area contributed by atoms with Gasteiger partial charge in [0.05, 0.1) is 43.5 Å². The van der Waals surface area contributed by atoms with Gasteiger partial charge < -0.3 is 29.5 Å². The predicted octanol–water partition coefficient (Wildman–Crippen LogP) is 6.95. The maximum Gasteiger partial charge on any atom is 0.416 e. The van der Waals surface area contributed by atoms with Crippen LogP contribution in [0.4, 0.5) is 18.9 Å². The molecule has 3 aromatic rings. The van der Waals surface area contributed by atoms with Crippen LogP contribution in [0.3, 0.4) is 0 Å². The number of aliphatic imine (C=N–C) groups is 1. The minimum atomic E-state index is -4.45. The van der Waals surface area contributed by atoms with E-state index in [1.165, 1.54) is 45.6 Å². The molecule has 0 spiro atoms. The number of amidine groups is 1. The van der Waals surface area contributed by atoms with Gasteiger partial charge in [-0.1, -0.05) is 35.3 Å². The number of ether oxygens (including phenoxy) is 3. The first-order chi connectivity index (χ1) is 18.9. The van der Waals surface area contributed by atoms with Crippen molar-refractivity contribution in [3.05, 3.63) is 75.3 Å². The number of hydrogen-bond donors (Lipinski definition) is 2. The van der Waals surface area contributed by atoms with Gasteiger partial charge >= 0.3 is 6.18 Å². The average molecular weight is 614 g/mol. The van der Waals surface area contributed by atoms with E-state index in [-0.39, 0.29) is 27.5 Å². The molecule has 3 aromatic carbocycles. The highest BCUT2D eigenvalue weighted by Gasteiger charge is 2.50. The average Bonchev–Trinajstić information content (AvgIpc) is 3.18. The van der Waals surface area contributed by atoms with Gasteiger partial charge in [-0.3, -0.25) is 4.99 Å². The molecule has 40 heavy (non-hydrogen) atoms. The normalized spacial score (nSPS) is 18.2. The summed E-state index contributed by atoms with van der Waals surface area (Å²) in [7, 11) is 4.44. The minimum Gasteiger partial charge on any atom is -0.505 e. The summed E-state index contributed by atoms with van der Waals surface area (Å²) in [6, 6.07) is 11.2. The molecule has 0 radical (unpaired) electrons. The third-order valence-electron chi connectivity index (χ3n) is 6.53. The van der Waals surface area contributed by atoms with Crippen LogP contribution < -0.4 is 24.4 Å². The first-order valence-corrected chi connectivity index (χ1v) is 12.8. The van der Waals surface area contributed by atoms with E-state index in [4.69, 9.17) is 54.6 Å². The number of methoxy groups -OCH3 is 3. The predicted molar refractivity (Wildman–Crippen MR) is 152 cm³/mol. The van der Waals surface area contributed by atoms with Gasteiger partial charge in [-0.15, -0.1) is 0 Å². The Hall–Kier alpha value is -3.41. The quantitative estimate of drug-likeness (QED) is 0.279. The standard InChI is InChI=1S/C27H24Cl2F3N3O4S/c1-26(17-9-10-20(37-2)23(39-4)22(17)38-3)24(33-13-14-5-7-15(8-6-14)27(30,31)32)34-25(40)35(26)16-11-18(28)21(36)19(29)12-16/h5-12,36H,13H2,1-4H3,(H,33,34,40). The Morgan fingerprint density at radius 2 is 1.57 bits per heavy atom. The van der Waals surface area contributed by atoms with E-state index in [1.807, 2.05) is 6.92 Å². The maximum absolute atomic E-state index is 13.0. The van der Waals surface area contributed by atoms with Crippen LogP contribution in [0.5, 0.6) is 23.0 Å². The van der Waals surface area contributed by atoms with Crippen molar-refractivity contribution in [2.75, 3.05) is 26.2 Å². The molecule has 2 N–H and O–H groups in total. The van der Waals surface area contributed by atoms with Crippen LogP contribution in [0.25, 0.3) is 0 Å². The summed E-state index contributed by atoms with van der Waals surface area (Å²) in [6.07, 6.45) is -4.45. The van der Waals surface area contributed by atoms with E-state index in [2.05, 4.69) is 5.32 Å². The van der Waals surface area contributed by atoms with Crippen LogP contribution >= 0.6 is 35.4 Å². The second-order valence-electron chi connectivity index (χ2n) is 8.84. The number of aromatic hydroxyl groups is 1. The molecule has 1 heterocycles. The Balaban J connectivity index is 1.91. The molecule has 1 aliphatic rings. The molecule has 0 aromatic heterocycles. The fourth-order valence-electron chi connectivity index (χ4n) is 4.54. The van der Waals surface area contributed by atoms with Crippen molar-refractivity contribution in [2.45, 2.75) is 25.2 Å². The summed E-state index contributed by atoms with van der Waals surface area (Å²) in [6.45, 7) is 1.86. The van der Waals surface area contributed by atoms with Gasteiger partial charge in [-0.05, 0) is 61.1 Å². The van der Waals surface area contributed by atoms with Crippen LogP contribution in [-0.2, 0) is 18.3 Å². The second-order valence-corrected chi connectivity index (χ2v) is 10.0. The molecule has 212 valence electrons. The van der Waals surface area contributed by atoms with E-state index in [9.17, 15) is 18.3 Å². The van der Waals surface area contributed by atoms with Crippen LogP contribution in [0.15, 0.2) is 53.5 Å². The van der Waals surface area contributed by atoms with Crippen molar-refractivity contribution in [1.29, 1.82) is 0 Å². The lowest BCUT2D eigenvalue weighted by Crippen LogP contribution is -2.45. The Bertz CT molecular complexity index is 1460. The van der Waals surface area contributed by atoms with Crippen LogP contribution in [0, 0.1) is 0 Å². The Kier molecular flexibility index (Phi) is 8.30. The first kappa shape index (κ1) is 29.6. The van der Waals surface area contributed by atoms with Gasteiger partial charge in [0, 0.05) is 11.3 Å². The van der Waals surface area contributed by atoms with Gasteiger partial charge in [-0.25, -0.2) is 0 Å². The number of phenols is 1. The molecular weight excluding hydrogens is 590 g/mol. The van der Waals surface area contributed by atoms with Gasteiger partial charge in [-0.2, -0.15) is 13.2 Å². The third kappa shape index (κ3) is 5.21. The zero-order chi connectivity index (χ0) is 29.4. The largest absolute Gasteiger partial charge is 0.505 e. The van der Waals surface area contributed by atoms with Crippen LogP contribution in [0.2, 0.25) is 10.0 Å². The number of halogens is 5. The maximum atomic E-state index is 13.0. The second kappa shape index (κ2) is 11.2. The lowest BCUT2D eigenvalue weighted by molar-refractivity contribution is -0.137. The fraction of sp³-hybridized carbons (Fsp3) is 0.259. The molecule has 1 aliphatic heterocycles. The number of phenolic OH excluding ortho intramolecular Hbond substituents is 1. The highest BCUT2D eigenvalue weighted by atomic mass is 35.5. The number of nitrogens with one attached hydrogen (secondary N) is 1. The smallest absolute Gasteiger partial charge is 0.416 e. The molecule has 0 aliphatic carbocycles. The van der Waals surface area contributed by atoms with E-state index in [1.54, 1.807) is 17.0 Å². The van der Waals surface area contributed by atoms with E-state index >= 15 is 0 Å². The van der Waals surface area contributed by atoms with Crippen LogP contribution in [0.1, 0.15) is 23.6 Å². The summed E-state index contributed by atoms with van der Waals surface area (Å²) in [5.41, 5.74) is -0.409. The topological polar surface area (TPSA) is 75.6 Å². The Labute approximate surface area is 244 Å². The van der Waals surface area contributed by atoms with E-state index in [0.717, 1.165) is 12.1 Å².